The van der Waals surface area contributed by atoms with Gasteiger partial charge in [-0.2, -0.15) is 0 Å². The molecule has 2 aromatic rings. The molecule has 0 fully saturated rings. The fraction of sp³-hybridized carbons (Fsp3) is 0.375. The molecule has 0 saturated carbocycles. The molecule has 0 unspecified atom stereocenters. The average Bonchev–Trinajstić information content (AvgIpc) is 3.01. The third-order valence-electron chi connectivity index (χ3n) is 3.32. The van der Waals surface area contributed by atoms with E-state index in [0.717, 1.165) is 22.8 Å². The zero-order valence-electron chi connectivity index (χ0n) is 13.8. The summed E-state index contributed by atoms with van der Waals surface area (Å²) in [5.74, 6) is 2.01. The normalized spacial score (nSPS) is 10.5. The molecule has 0 aliphatic carbocycles. The molecule has 1 aromatic carbocycles. The van der Waals surface area contributed by atoms with Crippen LogP contribution in [0.25, 0.3) is 0 Å². The molecule has 0 amide bonds. The lowest BCUT2D eigenvalue weighted by Crippen LogP contribution is -2.29. The molecule has 0 radical (unpaired) electrons. The molecule has 0 aliphatic heterocycles. The van der Waals surface area contributed by atoms with Crippen molar-refractivity contribution in [2.75, 3.05) is 19.5 Å². The molecule has 3 N–H and O–H groups in total. The highest BCUT2D eigenvalue weighted by atomic mass is 32.1. The van der Waals surface area contributed by atoms with Crippen LogP contribution in [0.5, 0.6) is 11.5 Å². The van der Waals surface area contributed by atoms with E-state index >= 15 is 0 Å². The van der Waals surface area contributed by atoms with Crippen molar-refractivity contribution in [3.63, 3.8) is 0 Å². The van der Waals surface area contributed by atoms with Crippen molar-refractivity contribution in [1.82, 2.24) is 10.3 Å². The molecule has 2 rings (SSSR count). The minimum Gasteiger partial charge on any atom is -0.496 e. The summed E-state index contributed by atoms with van der Waals surface area (Å²) >= 11 is 1.49. The molecule has 1 heterocycles. The highest BCUT2D eigenvalue weighted by Gasteiger charge is 2.11. The Balaban J connectivity index is 1.99. The molecule has 0 spiro atoms. The summed E-state index contributed by atoms with van der Waals surface area (Å²) in [6, 6.07) is 5.60. The number of benzene rings is 1. The Morgan fingerprint density at radius 3 is 2.43 bits per heavy atom. The first-order chi connectivity index (χ1) is 11.0. The molecule has 7 heteroatoms. The fourth-order valence-corrected chi connectivity index (χ4v) is 2.92. The highest BCUT2D eigenvalue weighted by molar-refractivity contribution is 7.13. The van der Waals surface area contributed by atoms with Crippen molar-refractivity contribution in [2.45, 2.75) is 26.3 Å². The zero-order valence-corrected chi connectivity index (χ0v) is 14.6. The molecular formula is C16H22N4O2S. The topological polar surface area (TPSA) is 79.3 Å². The van der Waals surface area contributed by atoms with Crippen LogP contribution < -0.4 is 20.1 Å². The molecule has 124 valence electrons. The molecule has 0 atom stereocenters. The lowest BCUT2D eigenvalue weighted by Gasteiger charge is -2.14. The molecule has 6 nitrogen and oxygen atoms in total. The maximum absolute atomic E-state index is 8.01. The molecule has 1 aromatic heterocycles. The van der Waals surface area contributed by atoms with E-state index < -0.39 is 0 Å². The Bertz CT molecular complexity index is 648. The number of anilines is 1. The summed E-state index contributed by atoms with van der Waals surface area (Å²) < 4.78 is 10.7. The van der Waals surface area contributed by atoms with Gasteiger partial charge in [-0.15, -0.1) is 11.3 Å². The molecule has 0 bridgehead atoms. The smallest absolute Gasteiger partial charge is 0.195 e. The van der Waals surface area contributed by atoms with Gasteiger partial charge in [0.1, 0.15) is 11.5 Å². The first-order valence-corrected chi connectivity index (χ1v) is 8.17. The van der Waals surface area contributed by atoms with Gasteiger partial charge in [0.2, 0.25) is 0 Å². The quantitative estimate of drug-likeness (QED) is 0.557. The first-order valence-electron chi connectivity index (χ1n) is 7.29. The van der Waals surface area contributed by atoms with E-state index in [1.54, 1.807) is 14.2 Å². The summed E-state index contributed by atoms with van der Waals surface area (Å²) in [6.07, 6.45) is 0. The van der Waals surface area contributed by atoms with Crippen LogP contribution in [-0.4, -0.2) is 25.2 Å². The number of ether oxygens (including phenoxy) is 2. The van der Waals surface area contributed by atoms with Gasteiger partial charge in [0.25, 0.3) is 0 Å². The van der Waals surface area contributed by atoms with E-state index in [9.17, 15) is 0 Å². The predicted molar refractivity (Wildman–Crippen MR) is 93.9 cm³/mol. The highest BCUT2D eigenvalue weighted by Crippen LogP contribution is 2.28. The number of rotatable bonds is 6. The second kappa shape index (κ2) is 7.82. The van der Waals surface area contributed by atoms with E-state index in [0.29, 0.717) is 17.6 Å². The monoisotopic (exact) mass is 334 g/mol. The maximum atomic E-state index is 8.01. The van der Waals surface area contributed by atoms with Crippen LogP contribution in [-0.2, 0) is 6.54 Å². The van der Waals surface area contributed by atoms with Crippen molar-refractivity contribution >= 4 is 22.4 Å². The van der Waals surface area contributed by atoms with Gasteiger partial charge in [-0.05, 0) is 18.1 Å². The average molecular weight is 334 g/mol. The third kappa shape index (κ3) is 4.35. The number of nitrogens with one attached hydrogen (secondary N) is 3. The summed E-state index contributed by atoms with van der Waals surface area (Å²) in [7, 11) is 3.23. The molecule has 23 heavy (non-hydrogen) atoms. The Hall–Kier alpha value is -2.28. The Morgan fingerprint density at radius 2 is 1.91 bits per heavy atom. The molecule has 0 saturated heterocycles. The van der Waals surface area contributed by atoms with Crippen molar-refractivity contribution in [2.24, 2.45) is 0 Å². The standard InChI is InChI=1S/C16H22N4O2S/c1-10(2)12-9-23-16(19-12)20-15(17)18-8-11-13(21-3)6-5-7-14(11)22-4/h5-7,9-10H,8H2,1-4H3,(H3,17,18,19,20). The lowest BCUT2D eigenvalue weighted by molar-refractivity contribution is 0.384. The minimum atomic E-state index is 0.183. The maximum Gasteiger partial charge on any atom is 0.195 e. The van der Waals surface area contributed by atoms with Crippen LogP contribution in [0.15, 0.2) is 23.6 Å². The number of thiazole rings is 1. The van der Waals surface area contributed by atoms with Crippen LogP contribution in [0.4, 0.5) is 5.13 Å². The van der Waals surface area contributed by atoms with E-state index in [-0.39, 0.29) is 5.96 Å². The summed E-state index contributed by atoms with van der Waals surface area (Å²) in [5, 5.41) is 16.7. The van der Waals surface area contributed by atoms with E-state index in [2.05, 4.69) is 29.5 Å². The number of hydrogen-bond donors (Lipinski definition) is 3. The van der Waals surface area contributed by atoms with E-state index in [4.69, 9.17) is 14.9 Å². The lowest BCUT2D eigenvalue weighted by atomic mass is 10.1. The van der Waals surface area contributed by atoms with Crippen LogP contribution >= 0.6 is 11.3 Å². The molecule has 0 aliphatic rings. The van der Waals surface area contributed by atoms with E-state index in [1.807, 2.05) is 23.6 Å². The zero-order chi connectivity index (χ0) is 16.8. The first kappa shape index (κ1) is 17.1. The number of guanidine groups is 1. The van der Waals surface area contributed by atoms with Crippen molar-refractivity contribution in [1.29, 1.82) is 5.41 Å². The Labute approximate surface area is 140 Å². The second-order valence-corrected chi connectivity index (χ2v) is 6.08. The van der Waals surface area contributed by atoms with Gasteiger partial charge < -0.3 is 20.1 Å². The fourth-order valence-electron chi connectivity index (χ4n) is 2.04. The second-order valence-electron chi connectivity index (χ2n) is 5.23. The van der Waals surface area contributed by atoms with Gasteiger partial charge in [-0.1, -0.05) is 19.9 Å². The van der Waals surface area contributed by atoms with Gasteiger partial charge in [-0.25, -0.2) is 4.98 Å². The predicted octanol–water partition coefficient (Wildman–Crippen LogP) is 3.42. The van der Waals surface area contributed by atoms with Crippen LogP contribution in [0.1, 0.15) is 31.0 Å². The minimum absolute atomic E-state index is 0.183. The van der Waals surface area contributed by atoms with Gasteiger partial charge in [-0.3, -0.25) is 5.41 Å². The van der Waals surface area contributed by atoms with Crippen LogP contribution in [0.2, 0.25) is 0 Å². The van der Waals surface area contributed by atoms with Gasteiger partial charge in [0.15, 0.2) is 11.1 Å². The summed E-state index contributed by atoms with van der Waals surface area (Å²) in [6.45, 7) is 4.61. The summed E-state index contributed by atoms with van der Waals surface area (Å²) in [5.41, 5.74) is 1.89. The number of nitrogens with zero attached hydrogens (tertiary/aromatic N) is 1. The Morgan fingerprint density at radius 1 is 1.26 bits per heavy atom. The van der Waals surface area contributed by atoms with Crippen molar-refractivity contribution in [3.8, 4) is 11.5 Å². The SMILES string of the molecule is COc1cccc(OC)c1CNC(=N)Nc1nc(C(C)C)cs1. The largest absolute Gasteiger partial charge is 0.496 e. The molecular weight excluding hydrogens is 312 g/mol. The number of hydrogen-bond acceptors (Lipinski definition) is 5. The van der Waals surface area contributed by atoms with Crippen LogP contribution in [0, 0.1) is 5.41 Å². The Kier molecular flexibility index (Phi) is 5.81. The van der Waals surface area contributed by atoms with Crippen LogP contribution in [0.3, 0.4) is 0 Å². The van der Waals surface area contributed by atoms with Crippen molar-refractivity contribution < 1.29 is 9.47 Å². The number of aromatic nitrogens is 1. The van der Waals surface area contributed by atoms with E-state index in [1.165, 1.54) is 11.3 Å². The van der Waals surface area contributed by atoms with Gasteiger partial charge in [0.05, 0.1) is 32.0 Å². The van der Waals surface area contributed by atoms with Gasteiger partial charge in [0, 0.05) is 5.38 Å². The number of methoxy groups -OCH3 is 2. The third-order valence-corrected chi connectivity index (χ3v) is 4.09. The van der Waals surface area contributed by atoms with Gasteiger partial charge >= 0.3 is 0 Å². The summed E-state index contributed by atoms with van der Waals surface area (Å²) in [4.78, 5) is 4.45. The van der Waals surface area contributed by atoms with Crippen molar-refractivity contribution in [3.05, 3.63) is 34.8 Å².